The summed E-state index contributed by atoms with van der Waals surface area (Å²) in [5, 5.41) is -1.83. The molecule has 25 heavy (non-hydrogen) atoms. The maximum atomic E-state index is 5.69. The number of hydrogen-bond acceptors (Lipinski definition) is 7. The highest BCUT2D eigenvalue weighted by Crippen LogP contribution is 2.56. The maximum Gasteiger partial charge on any atom is 0.256 e. The van der Waals surface area contributed by atoms with Crippen LogP contribution in [0.25, 0.3) is 0 Å². The van der Waals surface area contributed by atoms with Crippen molar-refractivity contribution in [2.24, 2.45) is 0 Å². The quantitative estimate of drug-likeness (QED) is 0.401. The van der Waals surface area contributed by atoms with Crippen molar-refractivity contribution in [3.63, 3.8) is 0 Å². The summed E-state index contributed by atoms with van der Waals surface area (Å²) in [6, 6.07) is 19.6. The Morgan fingerprint density at radius 2 is 0.880 bits per heavy atom. The number of rotatable bonds is 10. The Balaban J connectivity index is 2.15. The summed E-state index contributed by atoms with van der Waals surface area (Å²) < 4.78 is 22.7. The molecule has 0 aliphatic rings. The zero-order valence-corrected chi connectivity index (χ0v) is 17.1. The van der Waals surface area contributed by atoms with E-state index in [0.717, 1.165) is 11.1 Å². The molecule has 2 aromatic carbocycles. The highest BCUT2D eigenvalue weighted by molar-refractivity contribution is 9.09. The first-order valence-electron chi connectivity index (χ1n) is 7.51. The van der Waals surface area contributed by atoms with Crippen LogP contribution in [0.3, 0.4) is 0 Å². The lowest BCUT2D eigenvalue weighted by molar-refractivity contribution is -0.139. The van der Waals surface area contributed by atoms with Crippen molar-refractivity contribution in [2.45, 2.75) is 10.2 Å². The van der Waals surface area contributed by atoms with Gasteiger partial charge in [0.15, 0.2) is 0 Å². The number of benzene rings is 2. The molecule has 0 aliphatic heterocycles. The van der Waals surface area contributed by atoms with Crippen molar-refractivity contribution < 1.29 is 18.9 Å². The maximum absolute atomic E-state index is 5.69. The van der Waals surface area contributed by atoms with Gasteiger partial charge in [0.2, 0.25) is 0 Å². The Morgan fingerprint density at radius 3 is 1.16 bits per heavy atom. The molecular formula is C18H22O4S3. The van der Waals surface area contributed by atoms with Crippen LogP contribution in [0.5, 0.6) is 0 Å². The Hall–Kier alpha value is -0.670. The van der Waals surface area contributed by atoms with E-state index in [1.807, 2.05) is 60.7 Å². The van der Waals surface area contributed by atoms with E-state index in [1.54, 1.807) is 28.4 Å². The van der Waals surface area contributed by atoms with E-state index >= 15 is 0 Å². The standard InChI is InChI=1S/C18H22O4S3/c1-19-17(20-2,15-11-7-5-8-12-15)23-25-24-18(21-3,22-4)16-13-9-6-10-14-16/h5-14H,1-4H3. The molecule has 0 saturated carbocycles. The molecule has 0 unspecified atom stereocenters. The van der Waals surface area contributed by atoms with Gasteiger partial charge in [-0.25, -0.2) is 0 Å². The van der Waals surface area contributed by atoms with E-state index in [9.17, 15) is 0 Å². The second-order valence-electron chi connectivity index (χ2n) is 4.90. The summed E-state index contributed by atoms with van der Waals surface area (Å²) in [6.45, 7) is 0. The van der Waals surface area contributed by atoms with Crippen LogP contribution in [-0.2, 0) is 29.2 Å². The molecule has 2 rings (SSSR count). The third kappa shape index (κ3) is 4.74. The third-order valence-corrected chi connectivity index (χ3v) is 8.28. The minimum atomic E-state index is -0.914. The van der Waals surface area contributed by atoms with E-state index in [2.05, 4.69) is 0 Å². The Labute approximate surface area is 160 Å². The largest absolute Gasteiger partial charge is 0.340 e. The summed E-state index contributed by atoms with van der Waals surface area (Å²) >= 11 is 0. The Morgan fingerprint density at radius 1 is 0.560 bits per heavy atom. The van der Waals surface area contributed by atoms with Gasteiger partial charge in [0.05, 0.1) is 0 Å². The average molecular weight is 399 g/mol. The van der Waals surface area contributed by atoms with E-state index in [4.69, 9.17) is 18.9 Å². The molecule has 136 valence electrons. The summed E-state index contributed by atoms with van der Waals surface area (Å²) in [6.07, 6.45) is 0. The lowest BCUT2D eigenvalue weighted by Crippen LogP contribution is -2.27. The number of hydrogen-bond donors (Lipinski definition) is 0. The third-order valence-electron chi connectivity index (χ3n) is 3.62. The zero-order valence-electron chi connectivity index (χ0n) is 14.6. The monoisotopic (exact) mass is 398 g/mol. The number of ether oxygens (including phenoxy) is 4. The fourth-order valence-corrected chi connectivity index (χ4v) is 7.16. The molecule has 4 nitrogen and oxygen atoms in total. The van der Waals surface area contributed by atoms with Crippen LogP contribution in [0.1, 0.15) is 11.1 Å². The van der Waals surface area contributed by atoms with Gasteiger partial charge in [-0.2, -0.15) is 0 Å². The van der Waals surface area contributed by atoms with Gasteiger partial charge in [-0.3, -0.25) is 0 Å². The van der Waals surface area contributed by atoms with Crippen LogP contribution >= 0.6 is 31.4 Å². The van der Waals surface area contributed by atoms with Crippen LogP contribution in [-0.4, -0.2) is 28.4 Å². The highest BCUT2D eigenvalue weighted by atomic mass is 33.5. The molecule has 0 saturated heterocycles. The van der Waals surface area contributed by atoms with Crippen molar-refractivity contribution in [3.05, 3.63) is 71.8 Å². The van der Waals surface area contributed by atoms with Gasteiger partial charge in [-0.15, -0.1) is 0 Å². The molecule has 0 heterocycles. The van der Waals surface area contributed by atoms with Gasteiger partial charge in [-0.1, -0.05) is 60.7 Å². The second kappa shape index (κ2) is 9.87. The van der Waals surface area contributed by atoms with Crippen molar-refractivity contribution >= 4 is 31.4 Å². The number of methoxy groups -OCH3 is 4. The molecule has 0 radical (unpaired) electrons. The van der Waals surface area contributed by atoms with Gasteiger partial charge in [0.25, 0.3) is 10.2 Å². The van der Waals surface area contributed by atoms with Gasteiger partial charge < -0.3 is 18.9 Å². The lowest BCUT2D eigenvalue weighted by atomic mass is 10.2. The molecule has 7 heteroatoms. The first-order valence-corrected chi connectivity index (χ1v) is 11.0. The fourth-order valence-electron chi connectivity index (χ4n) is 2.26. The SMILES string of the molecule is COC(OC)(SSSC(OC)(OC)c1ccccc1)c1ccccc1. The summed E-state index contributed by atoms with van der Waals surface area (Å²) in [4.78, 5) is 0. The molecule has 0 N–H and O–H groups in total. The van der Waals surface area contributed by atoms with Crippen molar-refractivity contribution in [1.82, 2.24) is 0 Å². The van der Waals surface area contributed by atoms with E-state index in [-0.39, 0.29) is 0 Å². The second-order valence-corrected chi connectivity index (χ2v) is 9.07. The Kier molecular flexibility index (Phi) is 8.15. The van der Waals surface area contributed by atoms with Crippen LogP contribution in [0.15, 0.2) is 60.7 Å². The fraction of sp³-hybridized carbons (Fsp3) is 0.333. The minimum absolute atomic E-state index is 0.914. The van der Waals surface area contributed by atoms with E-state index in [1.165, 1.54) is 31.4 Å². The summed E-state index contributed by atoms with van der Waals surface area (Å²) in [5.41, 5.74) is 1.86. The molecule has 2 aromatic rings. The normalized spacial score (nSPS) is 12.3. The summed E-state index contributed by atoms with van der Waals surface area (Å²) in [5.74, 6) is 0. The predicted molar refractivity (Wildman–Crippen MR) is 107 cm³/mol. The smallest absolute Gasteiger partial charge is 0.256 e. The van der Waals surface area contributed by atoms with Gasteiger partial charge >= 0.3 is 0 Å². The van der Waals surface area contributed by atoms with Crippen molar-refractivity contribution in [1.29, 1.82) is 0 Å². The highest BCUT2D eigenvalue weighted by Gasteiger charge is 2.38. The molecule has 0 atom stereocenters. The zero-order chi connectivity index (χ0) is 18.2. The average Bonchev–Trinajstić information content (AvgIpc) is 2.70. The minimum Gasteiger partial charge on any atom is -0.340 e. The first-order chi connectivity index (χ1) is 12.2. The first kappa shape index (κ1) is 20.6. The predicted octanol–water partition coefficient (Wildman–Crippen LogP) is 5.22. The molecule has 0 amide bonds. The van der Waals surface area contributed by atoms with Gasteiger partial charge in [0.1, 0.15) is 0 Å². The van der Waals surface area contributed by atoms with Crippen LogP contribution in [0.2, 0.25) is 0 Å². The molecule has 0 spiro atoms. The topological polar surface area (TPSA) is 36.9 Å². The van der Waals surface area contributed by atoms with Crippen LogP contribution < -0.4 is 0 Å². The van der Waals surface area contributed by atoms with Crippen LogP contribution in [0.4, 0.5) is 0 Å². The van der Waals surface area contributed by atoms with E-state index < -0.39 is 10.2 Å². The molecule has 0 aliphatic carbocycles. The molecule has 0 aromatic heterocycles. The van der Waals surface area contributed by atoms with Crippen molar-refractivity contribution in [3.8, 4) is 0 Å². The van der Waals surface area contributed by atoms with Crippen molar-refractivity contribution in [2.75, 3.05) is 28.4 Å². The molecule has 0 bridgehead atoms. The van der Waals surface area contributed by atoms with Crippen LogP contribution in [0, 0.1) is 0 Å². The molecular weight excluding hydrogens is 376 g/mol. The van der Waals surface area contributed by atoms with Gasteiger partial charge in [-0.05, 0) is 31.4 Å². The van der Waals surface area contributed by atoms with Gasteiger partial charge in [0, 0.05) is 39.6 Å². The molecule has 0 fully saturated rings. The Bertz CT molecular complexity index is 561. The lowest BCUT2D eigenvalue weighted by Gasteiger charge is -2.32. The van der Waals surface area contributed by atoms with E-state index in [0.29, 0.717) is 0 Å². The summed E-state index contributed by atoms with van der Waals surface area (Å²) in [7, 11) is 10.9.